The first kappa shape index (κ1) is 18.4. The first-order valence-electron chi connectivity index (χ1n) is 9.50. The van der Waals surface area contributed by atoms with Crippen LogP contribution in [0.3, 0.4) is 0 Å². The summed E-state index contributed by atoms with van der Waals surface area (Å²) in [4.78, 5) is 12.0. The van der Waals surface area contributed by atoms with Gasteiger partial charge >= 0.3 is 0 Å². The molecule has 6 nitrogen and oxygen atoms in total. The Morgan fingerprint density at radius 1 is 1.11 bits per heavy atom. The van der Waals surface area contributed by atoms with Crippen LogP contribution in [0.4, 0.5) is 11.5 Å². The van der Waals surface area contributed by atoms with Gasteiger partial charge in [-0.1, -0.05) is 12.8 Å². The van der Waals surface area contributed by atoms with Crippen molar-refractivity contribution in [2.75, 3.05) is 43.2 Å². The molecule has 1 saturated heterocycles. The molecule has 2 heterocycles. The SMILES string of the molecule is CS(=O)C1(c2cc(N3CCOCC3)nc(-c3ccc(N)cc3)n2)CCCC1. The molecule has 0 spiro atoms. The van der Waals surface area contributed by atoms with E-state index in [1.807, 2.05) is 30.5 Å². The third-order valence-corrected chi connectivity index (χ3v) is 7.36. The fourth-order valence-corrected chi connectivity index (χ4v) is 5.28. The highest BCUT2D eigenvalue weighted by Crippen LogP contribution is 2.43. The number of aromatic nitrogens is 2. The Labute approximate surface area is 162 Å². The first-order chi connectivity index (χ1) is 13.1. The number of anilines is 2. The van der Waals surface area contributed by atoms with Gasteiger partial charge < -0.3 is 15.4 Å². The summed E-state index contributed by atoms with van der Waals surface area (Å²) in [6, 6.07) is 9.68. The van der Waals surface area contributed by atoms with Gasteiger partial charge in [0.1, 0.15) is 5.82 Å². The summed E-state index contributed by atoms with van der Waals surface area (Å²) in [5.74, 6) is 1.57. The minimum Gasteiger partial charge on any atom is -0.399 e. The number of nitrogen functional groups attached to an aromatic ring is 1. The average molecular weight is 387 g/mol. The topological polar surface area (TPSA) is 81.3 Å². The van der Waals surface area contributed by atoms with E-state index in [-0.39, 0.29) is 4.75 Å². The van der Waals surface area contributed by atoms with Crippen LogP contribution in [0.1, 0.15) is 31.4 Å². The normalized spacial score (nSPS) is 20.6. The molecule has 1 aromatic carbocycles. The van der Waals surface area contributed by atoms with Gasteiger partial charge in [0.15, 0.2) is 5.82 Å². The van der Waals surface area contributed by atoms with Gasteiger partial charge in [-0.15, -0.1) is 0 Å². The van der Waals surface area contributed by atoms with Crippen LogP contribution >= 0.6 is 0 Å². The highest BCUT2D eigenvalue weighted by Gasteiger charge is 2.41. The zero-order valence-electron chi connectivity index (χ0n) is 15.7. The molecule has 2 aromatic rings. The van der Waals surface area contributed by atoms with Crippen molar-refractivity contribution in [2.24, 2.45) is 0 Å². The lowest BCUT2D eigenvalue weighted by Crippen LogP contribution is -2.37. The molecule has 4 rings (SSSR count). The summed E-state index contributed by atoms with van der Waals surface area (Å²) in [5, 5.41) is 0. The van der Waals surface area contributed by atoms with E-state index in [0.29, 0.717) is 24.7 Å². The number of hydrogen-bond donors (Lipinski definition) is 1. The summed E-state index contributed by atoms with van der Waals surface area (Å²) >= 11 is 0. The van der Waals surface area contributed by atoms with Crippen LogP contribution in [0.15, 0.2) is 30.3 Å². The lowest BCUT2D eigenvalue weighted by atomic mass is 10.0. The summed E-state index contributed by atoms with van der Waals surface area (Å²) in [6.07, 6.45) is 5.82. The van der Waals surface area contributed by atoms with Crippen molar-refractivity contribution < 1.29 is 8.95 Å². The van der Waals surface area contributed by atoms with Crippen LogP contribution in [0, 0.1) is 0 Å². The van der Waals surface area contributed by atoms with Gasteiger partial charge in [-0.2, -0.15) is 0 Å². The maximum Gasteiger partial charge on any atom is 0.161 e. The molecule has 2 N–H and O–H groups in total. The van der Waals surface area contributed by atoms with Crippen molar-refractivity contribution >= 4 is 22.3 Å². The second-order valence-corrected chi connectivity index (χ2v) is 9.00. The maximum absolute atomic E-state index is 12.7. The predicted molar refractivity (Wildman–Crippen MR) is 109 cm³/mol. The summed E-state index contributed by atoms with van der Waals surface area (Å²) in [6.45, 7) is 3.00. The molecule has 2 fully saturated rings. The van der Waals surface area contributed by atoms with E-state index in [4.69, 9.17) is 20.4 Å². The highest BCUT2D eigenvalue weighted by atomic mass is 32.2. The van der Waals surface area contributed by atoms with Crippen molar-refractivity contribution in [3.8, 4) is 11.4 Å². The molecule has 27 heavy (non-hydrogen) atoms. The number of nitrogens with two attached hydrogens (primary N) is 1. The van der Waals surface area contributed by atoms with Crippen LogP contribution in [0.5, 0.6) is 0 Å². The van der Waals surface area contributed by atoms with Crippen LogP contribution in [-0.4, -0.2) is 46.7 Å². The van der Waals surface area contributed by atoms with Crippen LogP contribution < -0.4 is 10.6 Å². The molecule has 1 aliphatic heterocycles. The Morgan fingerprint density at radius 2 is 1.78 bits per heavy atom. The number of nitrogens with zero attached hydrogens (tertiary/aromatic N) is 3. The lowest BCUT2D eigenvalue weighted by molar-refractivity contribution is 0.122. The van der Waals surface area contributed by atoms with Crippen molar-refractivity contribution in [2.45, 2.75) is 30.4 Å². The minimum absolute atomic E-state index is 0.369. The van der Waals surface area contributed by atoms with Gasteiger partial charge in [0.25, 0.3) is 0 Å². The number of rotatable bonds is 4. The molecule has 0 bridgehead atoms. The number of hydrogen-bond acceptors (Lipinski definition) is 6. The van der Waals surface area contributed by atoms with Gasteiger partial charge in [-0.05, 0) is 37.1 Å². The quantitative estimate of drug-likeness (QED) is 0.814. The van der Waals surface area contributed by atoms with E-state index < -0.39 is 10.8 Å². The standard InChI is InChI=1S/C20H26N4O2S/c1-27(25)20(8-2-3-9-20)17-14-18(24-10-12-26-13-11-24)23-19(22-17)15-4-6-16(21)7-5-15/h4-7,14H,2-3,8-13,21H2,1H3. The molecule has 1 aliphatic carbocycles. The van der Waals surface area contributed by atoms with E-state index in [1.54, 1.807) is 0 Å². The van der Waals surface area contributed by atoms with Crippen LogP contribution in [0.25, 0.3) is 11.4 Å². The number of benzene rings is 1. The fourth-order valence-electron chi connectivity index (χ4n) is 4.02. The van der Waals surface area contributed by atoms with Crippen molar-refractivity contribution in [3.05, 3.63) is 36.0 Å². The molecule has 144 valence electrons. The van der Waals surface area contributed by atoms with Gasteiger partial charge in [0.05, 0.1) is 23.7 Å². The van der Waals surface area contributed by atoms with E-state index in [0.717, 1.165) is 55.8 Å². The predicted octanol–water partition coefficient (Wildman–Crippen LogP) is 2.71. The largest absolute Gasteiger partial charge is 0.399 e. The second-order valence-electron chi connectivity index (χ2n) is 7.31. The van der Waals surface area contributed by atoms with Gasteiger partial charge in [-0.25, -0.2) is 9.97 Å². The van der Waals surface area contributed by atoms with Crippen LogP contribution in [0.2, 0.25) is 0 Å². The van der Waals surface area contributed by atoms with Crippen molar-refractivity contribution in [3.63, 3.8) is 0 Å². The van der Waals surface area contributed by atoms with E-state index in [9.17, 15) is 4.21 Å². The summed E-state index contributed by atoms with van der Waals surface area (Å²) in [5.41, 5.74) is 8.38. The number of morpholine rings is 1. The molecule has 1 atom stereocenters. The van der Waals surface area contributed by atoms with Crippen LogP contribution in [-0.2, 0) is 20.3 Å². The second kappa shape index (κ2) is 7.56. The lowest BCUT2D eigenvalue weighted by Gasteiger charge is -2.31. The third kappa shape index (κ3) is 3.58. The third-order valence-electron chi connectivity index (χ3n) is 5.64. The zero-order chi connectivity index (χ0) is 18.9. The molecular formula is C20H26N4O2S. The minimum atomic E-state index is -0.986. The molecule has 2 aliphatic rings. The Bertz CT molecular complexity index is 828. The van der Waals surface area contributed by atoms with Gasteiger partial charge in [0.2, 0.25) is 0 Å². The number of ether oxygens (including phenoxy) is 1. The Balaban J connectivity index is 1.83. The summed E-state index contributed by atoms with van der Waals surface area (Å²) < 4.78 is 17.9. The molecule has 0 amide bonds. The fraction of sp³-hybridized carbons (Fsp3) is 0.500. The molecule has 1 saturated carbocycles. The zero-order valence-corrected chi connectivity index (χ0v) is 16.5. The summed E-state index contributed by atoms with van der Waals surface area (Å²) in [7, 11) is -0.986. The van der Waals surface area contributed by atoms with Gasteiger partial charge in [0, 0.05) is 47.5 Å². The van der Waals surface area contributed by atoms with E-state index >= 15 is 0 Å². The smallest absolute Gasteiger partial charge is 0.161 e. The molecular weight excluding hydrogens is 360 g/mol. The molecule has 1 aromatic heterocycles. The van der Waals surface area contributed by atoms with E-state index in [1.165, 1.54) is 0 Å². The Morgan fingerprint density at radius 3 is 2.41 bits per heavy atom. The van der Waals surface area contributed by atoms with Crippen molar-refractivity contribution in [1.29, 1.82) is 0 Å². The molecule has 1 unspecified atom stereocenters. The molecule has 0 radical (unpaired) electrons. The average Bonchev–Trinajstić information content (AvgIpc) is 3.20. The Hall–Kier alpha value is -1.99. The Kier molecular flexibility index (Phi) is 5.14. The van der Waals surface area contributed by atoms with Gasteiger partial charge in [-0.3, -0.25) is 4.21 Å². The van der Waals surface area contributed by atoms with E-state index in [2.05, 4.69) is 11.0 Å². The van der Waals surface area contributed by atoms with Crippen molar-refractivity contribution in [1.82, 2.24) is 9.97 Å². The highest BCUT2D eigenvalue weighted by molar-refractivity contribution is 7.85. The molecule has 7 heteroatoms. The monoisotopic (exact) mass is 386 g/mol. The maximum atomic E-state index is 12.7. The first-order valence-corrected chi connectivity index (χ1v) is 11.1.